The van der Waals surface area contributed by atoms with Gasteiger partial charge in [-0.25, -0.2) is 0 Å². The fourth-order valence-electron chi connectivity index (χ4n) is 0.611. The minimum atomic E-state index is -10.7. The van der Waals surface area contributed by atoms with Gasteiger partial charge >= 0.3 is 55.6 Å². The second-order valence-electron chi connectivity index (χ2n) is 3.17. The molecule has 0 saturated carbocycles. The Morgan fingerprint density at radius 1 is 0.741 bits per heavy atom. The number of nitrogens with zero attached hydrogens (tertiary/aromatic N) is 2. The van der Waals surface area contributed by atoms with Crippen LogP contribution in [-0.2, 0) is 30.4 Å². The van der Waals surface area contributed by atoms with Crippen molar-refractivity contribution in [2.24, 2.45) is 0 Å². The molecule has 0 unspecified atom stereocenters. The van der Waals surface area contributed by atoms with Gasteiger partial charge in [-0.3, -0.25) is 10.2 Å². The molecule has 0 aliphatic heterocycles. The number of hydrogen-bond acceptors (Lipinski definition) is 2. The van der Waals surface area contributed by atoms with E-state index in [9.17, 15) is 25.2 Å². The van der Waals surface area contributed by atoms with Crippen LogP contribution in [0.1, 0.15) is 0 Å². The number of aromatic amines is 2. The van der Waals surface area contributed by atoms with Crippen molar-refractivity contribution in [3.05, 3.63) is 80.9 Å². The van der Waals surface area contributed by atoms with Crippen molar-refractivity contribution in [2.45, 2.75) is 0 Å². The second-order valence-corrected chi connectivity index (χ2v) is 5.09. The van der Waals surface area contributed by atoms with Gasteiger partial charge in [0.25, 0.3) is 0 Å². The van der Waals surface area contributed by atoms with Crippen LogP contribution in [0.3, 0.4) is 0 Å². The molecule has 5 radical (unpaired) electrons. The number of H-pyrrole nitrogens is 2. The van der Waals surface area contributed by atoms with Crippen LogP contribution in [0, 0.1) is 44.0 Å². The van der Waals surface area contributed by atoms with Crippen LogP contribution in [-0.4, -0.2) is 20.4 Å². The monoisotopic (exact) mass is 496 g/mol. The van der Waals surface area contributed by atoms with Crippen LogP contribution < -0.4 is 0 Å². The fourth-order valence-corrected chi connectivity index (χ4v) is 0.611. The van der Waals surface area contributed by atoms with E-state index in [2.05, 4.69) is 58.0 Å². The predicted molar refractivity (Wildman–Crippen MR) is 75.9 cm³/mol. The number of rotatable bonds is 0. The summed E-state index contributed by atoms with van der Waals surface area (Å²) in [6.45, 7) is 9.00. The Hall–Kier alpha value is -1.92. The first kappa shape index (κ1) is 32.7. The van der Waals surface area contributed by atoms with E-state index >= 15 is 0 Å². The Labute approximate surface area is 165 Å². The molecule has 1 aliphatic carbocycles. The molecule has 0 atom stereocenters. The van der Waals surface area contributed by atoms with Crippen molar-refractivity contribution in [3.63, 3.8) is 0 Å². The zero-order valence-corrected chi connectivity index (χ0v) is 15.8. The van der Waals surface area contributed by atoms with Crippen LogP contribution in [0.25, 0.3) is 0 Å². The maximum atomic E-state index is 9.87. The molecule has 6 nitrogen and oxygen atoms in total. The van der Waals surface area contributed by atoms with E-state index < -0.39 is 7.81 Å². The summed E-state index contributed by atoms with van der Waals surface area (Å²) in [5.74, 6) is 0. The van der Waals surface area contributed by atoms with Crippen molar-refractivity contribution < 1.29 is 55.6 Å². The summed E-state index contributed by atoms with van der Waals surface area (Å²) >= 11 is 0. The van der Waals surface area contributed by atoms with Crippen molar-refractivity contribution in [1.29, 1.82) is 0 Å². The zero-order valence-electron chi connectivity index (χ0n) is 12.9. The van der Waals surface area contributed by atoms with Gasteiger partial charge in [-0.15, -0.1) is 0 Å². The SMILES string of the molecule is F[P-](F)(F)(F)(F)F.[C-]#[O+].[C-]#[O+].[C]1=[C][CH][C]=[C]1.[Mo].c1cn[nH]c1.c1cn[nH]c1. The van der Waals surface area contributed by atoms with Crippen LogP contribution >= 0.6 is 7.81 Å². The van der Waals surface area contributed by atoms with Crippen molar-refractivity contribution in [3.8, 4) is 0 Å². The van der Waals surface area contributed by atoms with Gasteiger partial charge in [0.05, 0.1) is 0 Å². The van der Waals surface area contributed by atoms with Gasteiger partial charge in [-0.1, -0.05) is 0 Å². The molecule has 14 heteroatoms. The summed E-state index contributed by atoms with van der Waals surface area (Å²) in [7, 11) is -10.7. The van der Waals surface area contributed by atoms with Crippen LogP contribution in [0.4, 0.5) is 25.2 Å². The molecule has 2 aromatic rings. The summed E-state index contributed by atoms with van der Waals surface area (Å²) in [5.41, 5.74) is 0. The van der Waals surface area contributed by atoms with Gasteiger partial charge in [0.1, 0.15) is 0 Å². The third-order valence-corrected chi connectivity index (χ3v) is 1.16. The topological polar surface area (TPSA) is 97.2 Å². The number of hydrogen-bond donors (Lipinski definition) is 2. The first-order valence-electron chi connectivity index (χ1n) is 5.62. The summed E-state index contributed by atoms with van der Waals surface area (Å²) in [6.07, 6.45) is 18.9. The van der Waals surface area contributed by atoms with Crippen LogP contribution in [0.2, 0.25) is 0 Å². The first-order valence-corrected chi connectivity index (χ1v) is 7.65. The molecule has 0 bridgehead atoms. The normalized spacial score (nSPS) is 12.4. The third kappa shape index (κ3) is 68.6. The summed E-state index contributed by atoms with van der Waals surface area (Å²) in [5, 5.41) is 12.4. The Kier molecular flexibility index (Phi) is 19.7. The molecule has 0 saturated heterocycles. The quantitative estimate of drug-likeness (QED) is 0.183. The zero-order chi connectivity index (χ0) is 21.0. The standard InChI is InChI=1S/C5H.2C3H4N2.2CO.F6P.Mo/c3*1-2-4-5-3-1;2*1-2;1-7(2,3,4,5)6;/h1H;2*1-3H,(H,4,5);;;;/q;;;;;-1;. The first-order chi connectivity index (χ1) is 11.9. The molecule has 27 heavy (non-hydrogen) atoms. The summed E-state index contributed by atoms with van der Waals surface area (Å²) in [6, 6.07) is 3.67. The van der Waals surface area contributed by atoms with E-state index in [1.54, 1.807) is 31.2 Å². The Morgan fingerprint density at radius 2 is 1.04 bits per heavy atom. The number of aromatic nitrogens is 4. The third-order valence-electron chi connectivity index (χ3n) is 1.16. The molecule has 0 spiro atoms. The van der Waals surface area contributed by atoms with Gasteiger partial charge in [0.2, 0.25) is 0 Å². The maximum Gasteiger partial charge on any atom is 0.0487 e. The van der Waals surface area contributed by atoms with E-state index in [0.29, 0.717) is 0 Å². The molecule has 0 fully saturated rings. The maximum absolute atomic E-state index is 10.7. The molecule has 1 aliphatic rings. The van der Waals surface area contributed by atoms with Crippen LogP contribution in [0.5, 0.6) is 0 Å². The molecular weight excluding hydrogens is 485 g/mol. The molecule has 2 aromatic heterocycles. The van der Waals surface area contributed by atoms with E-state index in [1.807, 2.05) is 12.1 Å². The summed E-state index contributed by atoms with van der Waals surface area (Å²) < 4.78 is 74.2. The molecule has 0 aromatic carbocycles. The predicted octanol–water partition coefficient (Wildman–Crippen LogP) is 4.65. The largest absolute Gasteiger partial charge is 0.286 e. The Balaban J connectivity index is -0.000000122. The second kappa shape index (κ2) is 16.3. The van der Waals surface area contributed by atoms with E-state index in [4.69, 9.17) is 9.30 Å². The average molecular weight is 494 g/mol. The summed E-state index contributed by atoms with van der Waals surface area (Å²) in [4.78, 5) is 0. The Morgan fingerprint density at radius 3 is 1.11 bits per heavy atom. The fraction of sp³-hybridized carbons (Fsp3) is 0. The number of halogens is 6. The average Bonchev–Trinajstić information content (AvgIpc) is 3.36. The molecule has 2 heterocycles. The van der Waals surface area contributed by atoms with Gasteiger partial charge in [-0.2, -0.15) is 10.2 Å². The van der Waals surface area contributed by atoms with E-state index in [-0.39, 0.29) is 21.1 Å². The molecular formula is C13H9F6MoN4O2P-. The molecule has 3 rings (SSSR count). The number of nitrogens with one attached hydrogen (secondary N) is 2. The molecule has 0 amide bonds. The molecule has 147 valence electrons. The van der Waals surface area contributed by atoms with Crippen molar-refractivity contribution in [1.82, 2.24) is 20.4 Å². The van der Waals surface area contributed by atoms with Crippen molar-refractivity contribution in [2.75, 3.05) is 0 Å². The van der Waals surface area contributed by atoms with Crippen LogP contribution in [0.15, 0.2) is 36.9 Å². The molecule has 2 N–H and O–H groups in total. The Bertz CT molecular complexity index is 538. The minimum Gasteiger partial charge on any atom is -0.286 e. The minimum absolute atomic E-state index is 0. The van der Waals surface area contributed by atoms with E-state index in [0.717, 1.165) is 0 Å². The van der Waals surface area contributed by atoms with Gasteiger partial charge in [0, 0.05) is 52.3 Å². The van der Waals surface area contributed by atoms with Gasteiger partial charge in [0.15, 0.2) is 0 Å². The van der Waals surface area contributed by atoms with Gasteiger partial charge < -0.3 is 0 Å². The smallest absolute Gasteiger partial charge is 0.0487 e. The van der Waals surface area contributed by atoms with E-state index in [1.165, 1.54) is 0 Å². The number of allylic oxidation sites excluding steroid dienone is 4. The van der Waals surface area contributed by atoms with Gasteiger partial charge in [-0.05, 0) is 36.4 Å². The van der Waals surface area contributed by atoms with Crippen molar-refractivity contribution >= 4 is 7.81 Å².